The van der Waals surface area contributed by atoms with E-state index in [1.54, 1.807) is 0 Å². The van der Waals surface area contributed by atoms with E-state index in [9.17, 15) is 0 Å². The summed E-state index contributed by atoms with van der Waals surface area (Å²) in [4.78, 5) is 0. The number of hydrogen-bond donors (Lipinski definition) is 1. The van der Waals surface area contributed by atoms with E-state index in [0.717, 1.165) is 12.5 Å². The lowest BCUT2D eigenvalue weighted by Gasteiger charge is -2.17. The molecule has 2 unspecified atom stereocenters. The third kappa shape index (κ3) is 1.18. The standard InChI is InChI=1S/C8H15NO/c9-8(6-3-4-6)7-2-1-5-10-7/h6-8H,1-5,9H2. The Bertz CT molecular complexity index is 116. The molecule has 1 aliphatic carbocycles. The average molecular weight is 141 g/mol. The van der Waals surface area contributed by atoms with Crippen LogP contribution in [0, 0.1) is 5.92 Å². The maximum Gasteiger partial charge on any atom is 0.0729 e. The molecule has 2 aliphatic rings. The van der Waals surface area contributed by atoms with E-state index >= 15 is 0 Å². The minimum Gasteiger partial charge on any atom is -0.377 e. The summed E-state index contributed by atoms with van der Waals surface area (Å²) in [5, 5.41) is 0. The van der Waals surface area contributed by atoms with Gasteiger partial charge in [-0.05, 0) is 31.6 Å². The molecule has 1 saturated carbocycles. The molecule has 2 heteroatoms. The topological polar surface area (TPSA) is 35.2 Å². The second-order valence-corrected chi connectivity index (χ2v) is 3.47. The predicted octanol–water partition coefficient (Wildman–Crippen LogP) is 0.903. The van der Waals surface area contributed by atoms with Gasteiger partial charge in [0.2, 0.25) is 0 Å². The molecule has 0 bridgehead atoms. The smallest absolute Gasteiger partial charge is 0.0729 e. The van der Waals surface area contributed by atoms with E-state index in [1.807, 2.05) is 0 Å². The maximum absolute atomic E-state index is 5.96. The lowest BCUT2D eigenvalue weighted by Crippen LogP contribution is -2.35. The number of nitrogens with two attached hydrogens (primary N) is 1. The highest BCUT2D eigenvalue weighted by Crippen LogP contribution is 2.35. The van der Waals surface area contributed by atoms with Crippen molar-refractivity contribution in [1.29, 1.82) is 0 Å². The zero-order valence-electron chi connectivity index (χ0n) is 6.25. The Morgan fingerprint density at radius 2 is 2.10 bits per heavy atom. The monoisotopic (exact) mass is 141 g/mol. The molecule has 2 atom stereocenters. The van der Waals surface area contributed by atoms with Crippen LogP contribution in [-0.4, -0.2) is 18.8 Å². The zero-order valence-corrected chi connectivity index (χ0v) is 6.25. The van der Waals surface area contributed by atoms with Gasteiger partial charge in [-0.1, -0.05) is 0 Å². The minimum atomic E-state index is 0.350. The molecular weight excluding hydrogens is 126 g/mol. The summed E-state index contributed by atoms with van der Waals surface area (Å²) in [6.45, 7) is 0.936. The fraction of sp³-hybridized carbons (Fsp3) is 1.00. The first-order valence-electron chi connectivity index (χ1n) is 4.25. The average Bonchev–Trinajstić information content (AvgIpc) is 2.65. The third-order valence-corrected chi connectivity index (χ3v) is 2.56. The summed E-state index contributed by atoms with van der Waals surface area (Å²) in [5.74, 6) is 0.795. The van der Waals surface area contributed by atoms with Gasteiger partial charge in [0.25, 0.3) is 0 Å². The van der Waals surface area contributed by atoms with Gasteiger partial charge in [0, 0.05) is 12.6 Å². The van der Waals surface area contributed by atoms with Gasteiger partial charge in [-0.15, -0.1) is 0 Å². The van der Waals surface area contributed by atoms with Gasteiger partial charge in [0.15, 0.2) is 0 Å². The molecule has 1 saturated heterocycles. The summed E-state index contributed by atoms with van der Waals surface area (Å²) in [6.07, 6.45) is 5.47. The van der Waals surface area contributed by atoms with Crippen molar-refractivity contribution >= 4 is 0 Å². The largest absolute Gasteiger partial charge is 0.377 e. The molecule has 0 aromatic rings. The molecule has 2 rings (SSSR count). The van der Waals surface area contributed by atoms with Gasteiger partial charge < -0.3 is 10.5 Å². The Balaban J connectivity index is 1.84. The lowest BCUT2D eigenvalue weighted by atomic mass is 10.1. The van der Waals surface area contributed by atoms with Crippen LogP contribution < -0.4 is 5.73 Å². The molecule has 0 radical (unpaired) electrons. The van der Waals surface area contributed by atoms with Crippen LogP contribution in [0.25, 0.3) is 0 Å². The van der Waals surface area contributed by atoms with Crippen molar-refractivity contribution in [3.63, 3.8) is 0 Å². The van der Waals surface area contributed by atoms with Gasteiger partial charge in [-0.3, -0.25) is 0 Å². The fourth-order valence-corrected chi connectivity index (χ4v) is 1.69. The Morgan fingerprint density at radius 1 is 1.30 bits per heavy atom. The van der Waals surface area contributed by atoms with E-state index in [1.165, 1.54) is 25.7 Å². The van der Waals surface area contributed by atoms with Gasteiger partial charge >= 0.3 is 0 Å². The molecule has 2 nitrogen and oxygen atoms in total. The highest BCUT2D eigenvalue weighted by Gasteiger charge is 2.35. The molecule has 58 valence electrons. The van der Waals surface area contributed by atoms with Crippen molar-refractivity contribution in [3.05, 3.63) is 0 Å². The van der Waals surface area contributed by atoms with E-state index in [0.29, 0.717) is 12.1 Å². The van der Waals surface area contributed by atoms with Gasteiger partial charge in [0.05, 0.1) is 6.10 Å². The van der Waals surface area contributed by atoms with Crippen LogP contribution in [0.1, 0.15) is 25.7 Å². The van der Waals surface area contributed by atoms with Crippen molar-refractivity contribution in [2.75, 3.05) is 6.61 Å². The van der Waals surface area contributed by atoms with E-state index in [-0.39, 0.29) is 0 Å². The van der Waals surface area contributed by atoms with Crippen LogP contribution in [0.5, 0.6) is 0 Å². The molecular formula is C8H15NO. The van der Waals surface area contributed by atoms with Crippen LogP contribution in [-0.2, 0) is 4.74 Å². The van der Waals surface area contributed by atoms with E-state index < -0.39 is 0 Å². The lowest BCUT2D eigenvalue weighted by molar-refractivity contribution is 0.0840. The first kappa shape index (κ1) is 6.62. The highest BCUT2D eigenvalue weighted by molar-refractivity contribution is 4.90. The van der Waals surface area contributed by atoms with Gasteiger partial charge in [-0.2, -0.15) is 0 Å². The Labute approximate surface area is 61.7 Å². The van der Waals surface area contributed by atoms with Gasteiger partial charge in [-0.25, -0.2) is 0 Å². The minimum absolute atomic E-state index is 0.350. The fourth-order valence-electron chi connectivity index (χ4n) is 1.69. The van der Waals surface area contributed by atoms with E-state index in [4.69, 9.17) is 10.5 Å². The van der Waals surface area contributed by atoms with Crippen molar-refractivity contribution in [2.45, 2.75) is 37.8 Å². The first-order valence-corrected chi connectivity index (χ1v) is 4.25. The molecule has 0 aromatic carbocycles. The Hall–Kier alpha value is -0.0800. The molecule has 1 heterocycles. The first-order chi connectivity index (χ1) is 4.88. The quantitative estimate of drug-likeness (QED) is 0.620. The summed E-state index contributed by atoms with van der Waals surface area (Å²) in [6, 6.07) is 0.350. The molecule has 1 aliphatic heterocycles. The maximum atomic E-state index is 5.96. The van der Waals surface area contributed by atoms with Crippen LogP contribution >= 0.6 is 0 Å². The van der Waals surface area contributed by atoms with Crippen LogP contribution in [0.15, 0.2) is 0 Å². The molecule has 10 heavy (non-hydrogen) atoms. The van der Waals surface area contributed by atoms with Gasteiger partial charge in [0.1, 0.15) is 0 Å². The second kappa shape index (κ2) is 2.51. The predicted molar refractivity (Wildman–Crippen MR) is 39.7 cm³/mol. The van der Waals surface area contributed by atoms with Crippen LogP contribution in [0.4, 0.5) is 0 Å². The third-order valence-electron chi connectivity index (χ3n) is 2.56. The van der Waals surface area contributed by atoms with E-state index in [2.05, 4.69) is 0 Å². The number of ether oxygens (including phenoxy) is 1. The summed E-state index contributed by atoms with van der Waals surface area (Å²) in [7, 11) is 0. The molecule has 2 fully saturated rings. The summed E-state index contributed by atoms with van der Waals surface area (Å²) < 4.78 is 5.49. The summed E-state index contributed by atoms with van der Waals surface area (Å²) >= 11 is 0. The van der Waals surface area contributed by atoms with Crippen LogP contribution in [0.3, 0.4) is 0 Å². The highest BCUT2D eigenvalue weighted by atomic mass is 16.5. The molecule has 0 spiro atoms. The normalized spacial score (nSPS) is 36.3. The van der Waals surface area contributed by atoms with Crippen molar-refractivity contribution < 1.29 is 4.74 Å². The SMILES string of the molecule is NC(C1CC1)C1CCCO1. The van der Waals surface area contributed by atoms with Crippen molar-refractivity contribution in [1.82, 2.24) is 0 Å². The Kier molecular flexibility index (Phi) is 1.66. The molecule has 0 amide bonds. The Morgan fingerprint density at radius 3 is 2.60 bits per heavy atom. The molecule has 0 aromatic heterocycles. The number of rotatable bonds is 2. The van der Waals surface area contributed by atoms with Crippen LogP contribution in [0.2, 0.25) is 0 Å². The molecule has 2 N–H and O–H groups in total. The van der Waals surface area contributed by atoms with Crippen molar-refractivity contribution in [3.8, 4) is 0 Å². The van der Waals surface area contributed by atoms with Crippen molar-refractivity contribution in [2.24, 2.45) is 11.7 Å². The summed E-state index contributed by atoms with van der Waals surface area (Å²) in [5.41, 5.74) is 5.96. The number of hydrogen-bond acceptors (Lipinski definition) is 2. The zero-order chi connectivity index (χ0) is 6.97. The second-order valence-electron chi connectivity index (χ2n) is 3.47.